The maximum atomic E-state index is 5.77. The average molecular weight is 533 g/mol. The van der Waals surface area contributed by atoms with Crippen molar-refractivity contribution >= 4 is 29.9 Å². The molecule has 1 aromatic rings. The Morgan fingerprint density at radius 3 is 2.43 bits per heavy atom. The summed E-state index contributed by atoms with van der Waals surface area (Å²) in [4.78, 5) is 12.4. The van der Waals surface area contributed by atoms with E-state index in [9.17, 15) is 0 Å². The van der Waals surface area contributed by atoms with Gasteiger partial charge in [0.05, 0.1) is 18.8 Å². The van der Waals surface area contributed by atoms with E-state index in [4.69, 9.17) is 9.41 Å². The largest absolute Gasteiger partial charge is 0.468 e. The number of halogens is 1. The summed E-state index contributed by atoms with van der Waals surface area (Å²) in [7, 11) is 2.20. The van der Waals surface area contributed by atoms with Gasteiger partial charge in [-0.15, -0.1) is 24.0 Å². The fourth-order valence-corrected chi connectivity index (χ4v) is 4.26. The van der Waals surface area contributed by atoms with Gasteiger partial charge in [-0.05, 0) is 59.0 Å². The molecule has 0 amide bonds. The standard InChI is InChI=1S/C22H40N6O.HI/c1-4-23-22(24-17-19(2)27-14-12-26(3)13-15-27)25-18-20(21-9-8-16-29-21)28-10-6-5-7-11-28;/h8-9,16,19-20H,4-7,10-15,17-18H2,1-3H3,(H2,23,24,25);1H. The molecule has 2 atom stereocenters. The molecule has 0 aliphatic carbocycles. The van der Waals surface area contributed by atoms with Crippen LogP contribution in [0, 0.1) is 0 Å². The van der Waals surface area contributed by atoms with Gasteiger partial charge in [-0.25, -0.2) is 0 Å². The molecule has 2 aliphatic rings. The van der Waals surface area contributed by atoms with Crippen molar-refractivity contribution < 1.29 is 4.42 Å². The van der Waals surface area contributed by atoms with Crippen LogP contribution >= 0.6 is 24.0 Å². The second-order valence-electron chi connectivity index (χ2n) is 8.42. The predicted octanol–water partition coefficient (Wildman–Crippen LogP) is 2.62. The average Bonchev–Trinajstić information content (AvgIpc) is 3.27. The van der Waals surface area contributed by atoms with Gasteiger partial charge in [-0.2, -0.15) is 0 Å². The molecule has 2 unspecified atom stereocenters. The Kier molecular flexibility index (Phi) is 11.5. The van der Waals surface area contributed by atoms with E-state index in [1.165, 1.54) is 19.3 Å². The number of hydrogen-bond donors (Lipinski definition) is 2. The topological polar surface area (TPSA) is 59.3 Å². The fourth-order valence-electron chi connectivity index (χ4n) is 4.26. The minimum Gasteiger partial charge on any atom is -0.468 e. The molecule has 0 saturated carbocycles. The van der Waals surface area contributed by atoms with Crippen LogP contribution in [0.15, 0.2) is 27.8 Å². The van der Waals surface area contributed by atoms with Crippen molar-refractivity contribution in [1.29, 1.82) is 0 Å². The molecule has 2 saturated heterocycles. The first-order valence-corrected chi connectivity index (χ1v) is 11.4. The zero-order valence-corrected chi connectivity index (χ0v) is 21.3. The Balaban J connectivity index is 0.00000320. The molecule has 0 radical (unpaired) electrons. The van der Waals surface area contributed by atoms with Crippen molar-refractivity contribution in [3.63, 3.8) is 0 Å². The number of guanidine groups is 1. The molecule has 7 nitrogen and oxygen atoms in total. The van der Waals surface area contributed by atoms with Crippen molar-refractivity contribution in [3.05, 3.63) is 24.2 Å². The van der Waals surface area contributed by atoms with E-state index in [-0.39, 0.29) is 30.0 Å². The Labute approximate surface area is 199 Å². The SMILES string of the molecule is CCNC(=NCC(C)N1CCN(C)CC1)NCC(c1ccco1)N1CCCCC1.I. The summed E-state index contributed by atoms with van der Waals surface area (Å²) in [5.41, 5.74) is 0. The highest BCUT2D eigenvalue weighted by Crippen LogP contribution is 2.24. The van der Waals surface area contributed by atoms with Crippen LogP contribution in [0.3, 0.4) is 0 Å². The van der Waals surface area contributed by atoms with E-state index in [1.807, 2.05) is 6.07 Å². The number of likely N-dealkylation sites (N-methyl/N-ethyl adjacent to an activating group) is 1. The molecule has 2 N–H and O–H groups in total. The van der Waals surface area contributed by atoms with Gasteiger partial charge in [0.2, 0.25) is 0 Å². The Morgan fingerprint density at radius 2 is 1.80 bits per heavy atom. The van der Waals surface area contributed by atoms with Gasteiger partial charge in [-0.3, -0.25) is 14.8 Å². The van der Waals surface area contributed by atoms with Crippen LogP contribution in [-0.2, 0) is 0 Å². The van der Waals surface area contributed by atoms with Gasteiger partial charge in [-0.1, -0.05) is 6.42 Å². The minimum atomic E-state index is 0. The van der Waals surface area contributed by atoms with Crippen molar-refractivity contribution in [3.8, 4) is 0 Å². The number of nitrogens with zero attached hydrogens (tertiary/aromatic N) is 4. The lowest BCUT2D eigenvalue weighted by Gasteiger charge is -2.36. The minimum absolute atomic E-state index is 0. The molecule has 8 heteroatoms. The quantitative estimate of drug-likeness (QED) is 0.305. The van der Waals surface area contributed by atoms with Crippen LogP contribution in [0.2, 0.25) is 0 Å². The predicted molar refractivity (Wildman–Crippen MR) is 135 cm³/mol. The van der Waals surface area contributed by atoms with Crippen LogP contribution in [0.5, 0.6) is 0 Å². The number of furan rings is 1. The Hall–Kier alpha value is -0.840. The van der Waals surface area contributed by atoms with E-state index >= 15 is 0 Å². The summed E-state index contributed by atoms with van der Waals surface area (Å²) in [6.45, 7) is 13.7. The smallest absolute Gasteiger partial charge is 0.191 e. The lowest BCUT2D eigenvalue weighted by atomic mass is 10.1. The van der Waals surface area contributed by atoms with Crippen LogP contribution < -0.4 is 10.6 Å². The van der Waals surface area contributed by atoms with E-state index in [1.54, 1.807) is 6.26 Å². The van der Waals surface area contributed by atoms with Gasteiger partial charge in [0.1, 0.15) is 5.76 Å². The first-order chi connectivity index (χ1) is 14.2. The summed E-state index contributed by atoms with van der Waals surface area (Å²) < 4.78 is 5.77. The van der Waals surface area contributed by atoms with Gasteiger partial charge >= 0.3 is 0 Å². The van der Waals surface area contributed by atoms with Crippen LogP contribution in [0.4, 0.5) is 0 Å². The first kappa shape index (κ1) is 25.4. The van der Waals surface area contributed by atoms with E-state index in [0.717, 1.165) is 70.6 Å². The number of hydrogen-bond acceptors (Lipinski definition) is 5. The number of rotatable bonds is 8. The van der Waals surface area contributed by atoms with Crippen molar-refractivity contribution in [1.82, 2.24) is 25.3 Å². The summed E-state index contributed by atoms with van der Waals surface area (Å²) in [6, 6.07) is 4.80. The summed E-state index contributed by atoms with van der Waals surface area (Å²) in [5, 5.41) is 7.00. The summed E-state index contributed by atoms with van der Waals surface area (Å²) in [6.07, 6.45) is 5.66. The maximum Gasteiger partial charge on any atom is 0.191 e. The summed E-state index contributed by atoms with van der Waals surface area (Å²) in [5.74, 6) is 1.95. The summed E-state index contributed by atoms with van der Waals surface area (Å²) >= 11 is 0. The fraction of sp³-hybridized carbons (Fsp3) is 0.773. The molecule has 2 aliphatic heterocycles. The Morgan fingerprint density at radius 1 is 1.07 bits per heavy atom. The highest BCUT2D eigenvalue weighted by molar-refractivity contribution is 14.0. The zero-order chi connectivity index (χ0) is 20.5. The van der Waals surface area contributed by atoms with Gasteiger partial charge in [0, 0.05) is 45.3 Å². The monoisotopic (exact) mass is 532 g/mol. The highest BCUT2D eigenvalue weighted by Gasteiger charge is 2.25. The van der Waals surface area contributed by atoms with Gasteiger partial charge in [0.25, 0.3) is 0 Å². The maximum absolute atomic E-state index is 5.77. The molecule has 30 heavy (non-hydrogen) atoms. The van der Waals surface area contributed by atoms with Gasteiger partial charge < -0.3 is 20.0 Å². The number of piperazine rings is 1. The van der Waals surface area contributed by atoms with Crippen molar-refractivity contribution in [2.24, 2.45) is 4.99 Å². The third-order valence-corrected chi connectivity index (χ3v) is 6.18. The Bertz CT molecular complexity index is 597. The number of piperidine rings is 1. The third-order valence-electron chi connectivity index (χ3n) is 6.18. The van der Waals surface area contributed by atoms with Crippen LogP contribution in [0.25, 0.3) is 0 Å². The normalized spacial score (nSPS) is 21.6. The molecule has 2 fully saturated rings. The van der Waals surface area contributed by atoms with E-state index < -0.39 is 0 Å². The van der Waals surface area contributed by atoms with E-state index in [0.29, 0.717) is 6.04 Å². The molecule has 0 bridgehead atoms. The zero-order valence-electron chi connectivity index (χ0n) is 19.0. The van der Waals surface area contributed by atoms with Crippen molar-refractivity contribution in [2.75, 3.05) is 66.0 Å². The highest BCUT2D eigenvalue weighted by atomic mass is 127. The molecular weight excluding hydrogens is 491 g/mol. The molecule has 0 aromatic carbocycles. The molecule has 0 spiro atoms. The molecule has 3 heterocycles. The molecule has 172 valence electrons. The number of aliphatic imine (C=N–C) groups is 1. The first-order valence-electron chi connectivity index (χ1n) is 11.4. The second kappa shape index (κ2) is 13.5. The number of nitrogens with one attached hydrogen (secondary N) is 2. The molecule has 3 rings (SSSR count). The lowest BCUT2D eigenvalue weighted by molar-refractivity contribution is 0.122. The number of likely N-dealkylation sites (tertiary alicyclic amines) is 1. The van der Waals surface area contributed by atoms with E-state index in [2.05, 4.69) is 52.3 Å². The van der Waals surface area contributed by atoms with Gasteiger partial charge in [0.15, 0.2) is 5.96 Å². The van der Waals surface area contributed by atoms with Crippen LogP contribution in [-0.4, -0.2) is 92.7 Å². The molecular formula is C22H41IN6O. The third kappa shape index (κ3) is 7.69. The van der Waals surface area contributed by atoms with Crippen LogP contribution in [0.1, 0.15) is 44.9 Å². The lowest BCUT2D eigenvalue weighted by Crippen LogP contribution is -2.49. The second-order valence-corrected chi connectivity index (χ2v) is 8.42. The van der Waals surface area contributed by atoms with Crippen molar-refractivity contribution in [2.45, 2.75) is 45.2 Å². The molecule has 1 aromatic heterocycles.